The number of aliphatic hydroxyl groups is 1. The number of hydrogen-bond donors (Lipinski definition) is 2. The van der Waals surface area contributed by atoms with E-state index in [1.54, 1.807) is 31.4 Å². The van der Waals surface area contributed by atoms with E-state index in [4.69, 9.17) is 10.5 Å². The molecular weight excluding hydrogens is 233 g/mol. The van der Waals surface area contributed by atoms with Crippen molar-refractivity contribution in [1.82, 2.24) is 0 Å². The number of methoxy groups -OCH3 is 1. The minimum atomic E-state index is -0.858. The van der Waals surface area contributed by atoms with Gasteiger partial charge < -0.3 is 15.6 Å². The Labute approximate surface area is 105 Å². The molecule has 0 aliphatic carbocycles. The lowest BCUT2D eigenvalue weighted by Crippen LogP contribution is -2.02. The molecule has 0 radical (unpaired) electrons. The second kappa shape index (κ2) is 5.06. The molecule has 0 heterocycles. The number of hydrogen-bond acceptors (Lipinski definition) is 3. The first-order valence-corrected chi connectivity index (χ1v) is 5.48. The van der Waals surface area contributed by atoms with E-state index in [1.165, 1.54) is 18.2 Å². The highest BCUT2D eigenvalue weighted by Gasteiger charge is 2.12. The van der Waals surface area contributed by atoms with Gasteiger partial charge in [0.2, 0.25) is 0 Å². The van der Waals surface area contributed by atoms with E-state index in [2.05, 4.69) is 0 Å². The highest BCUT2D eigenvalue weighted by molar-refractivity contribution is 5.45. The predicted octanol–water partition coefficient (Wildman–Crippen LogP) is 2.50. The quantitative estimate of drug-likeness (QED) is 0.819. The van der Waals surface area contributed by atoms with Crippen LogP contribution in [0.5, 0.6) is 5.75 Å². The largest absolute Gasteiger partial charge is 0.497 e. The fourth-order valence-electron chi connectivity index (χ4n) is 1.74. The highest BCUT2D eigenvalue weighted by Crippen LogP contribution is 2.26. The van der Waals surface area contributed by atoms with E-state index in [0.717, 1.165) is 0 Å². The summed E-state index contributed by atoms with van der Waals surface area (Å²) in [7, 11) is 1.56. The molecule has 0 aromatic heterocycles. The zero-order valence-corrected chi connectivity index (χ0v) is 9.93. The lowest BCUT2D eigenvalue weighted by molar-refractivity contribution is 0.219. The summed E-state index contributed by atoms with van der Waals surface area (Å²) in [5, 5.41) is 10.2. The molecule has 3 nitrogen and oxygen atoms in total. The molecule has 0 bridgehead atoms. The van der Waals surface area contributed by atoms with Crippen molar-refractivity contribution in [3.8, 4) is 5.75 Å². The van der Waals surface area contributed by atoms with Crippen LogP contribution in [0.3, 0.4) is 0 Å². The first-order valence-electron chi connectivity index (χ1n) is 5.48. The van der Waals surface area contributed by atoms with Crippen molar-refractivity contribution in [2.75, 3.05) is 12.8 Å². The molecule has 3 N–H and O–H groups in total. The molecule has 2 rings (SSSR count). The van der Waals surface area contributed by atoms with Crippen LogP contribution in [0, 0.1) is 5.82 Å². The monoisotopic (exact) mass is 247 g/mol. The molecule has 4 heteroatoms. The molecule has 94 valence electrons. The Hall–Kier alpha value is -2.07. The number of rotatable bonds is 3. The summed E-state index contributed by atoms with van der Waals surface area (Å²) >= 11 is 0. The van der Waals surface area contributed by atoms with Crippen LogP contribution in [0.1, 0.15) is 17.2 Å². The van der Waals surface area contributed by atoms with E-state index in [-0.39, 0.29) is 5.69 Å². The van der Waals surface area contributed by atoms with Gasteiger partial charge in [-0.05, 0) is 35.4 Å². The number of nitrogen functional groups attached to an aromatic ring is 1. The molecule has 0 spiro atoms. The third-order valence-corrected chi connectivity index (χ3v) is 2.75. The zero-order chi connectivity index (χ0) is 13.1. The highest BCUT2D eigenvalue weighted by atomic mass is 19.1. The third kappa shape index (κ3) is 2.43. The van der Waals surface area contributed by atoms with Gasteiger partial charge in [0.1, 0.15) is 17.7 Å². The maximum atomic E-state index is 13.1. The third-order valence-electron chi connectivity index (χ3n) is 2.75. The second-order valence-corrected chi connectivity index (χ2v) is 3.96. The van der Waals surface area contributed by atoms with Crippen LogP contribution in [0.4, 0.5) is 10.1 Å². The SMILES string of the molecule is COc1cccc(C(O)c2ccc(F)c(N)c2)c1. The molecule has 0 saturated carbocycles. The van der Waals surface area contributed by atoms with Gasteiger partial charge in [0.05, 0.1) is 12.8 Å². The van der Waals surface area contributed by atoms with Crippen molar-refractivity contribution in [1.29, 1.82) is 0 Å². The van der Waals surface area contributed by atoms with Crippen LogP contribution < -0.4 is 10.5 Å². The van der Waals surface area contributed by atoms with Gasteiger partial charge in [-0.25, -0.2) is 4.39 Å². The molecule has 0 saturated heterocycles. The van der Waals surface area contributed by atoms with E-state index in [9.17, 15) is 9.50 Å². The lowest BCUT2D eigenvalue weighted by atomic mass is 10.0. The summed E-state index contributed by atoms with van der Waals surface area (Å²) in [6.45, 7) is 0. The topological polar surface area (TPSA) is 55.5 Å². The van der Waals surface area contributed by atoms with E-state index >= 15 is 0 Å². The van der Waals surface area contributed by atoms with Gasteiger partial charge >= 0.3 is 0 Å². The minimum Gasteiger partial charge on any atom is -0.497 e. The summed E-state index contributed by atoms with van der Waals surface area (Å²) in [4.78, 5) is 0. The number of halogens is 1. The van der Waals surface area contributed by atoms with Crippen molar-refractivity contribution in [2.45, 2.75) is 6.10 Å². The Balaban J connectivity index is 2.34. The summed E-state index contributed by atoms with van der Waals surface area (Å²) in [6.07, 6.45) is -0.858. The Bertz CT molecular complexity index is 557. The van der Waals surface area contributed by atoms with Crippen molar-refractivity contribution in [3.63, 3.8) is 0 Å². The van der Waals surface area contributed by atoms with Crippen LogP contribution in [0.15, 0.2) is 42.5 Å². The number of aliphatic hydroxyl groups excluding tert-OH is 1. The summed E-state index contributed by atoms with van der Waals surface area (Å²) < 4.78 is 18.1. The molecule has 0 aliphatic heterocycles. The van der Waals surface area contributed by atoms with Gasteiger partial charge in [0.15, 0.2) is 0 Å². The van der Waals surface area contributed by atoms with E-state index < -0.39 is 11.9 Å². The normalized spacial score (nSPS) is 12.2. The van der Waals surface area contributed by atoms with Gasteiger partial charge in [0.25, 0.3) is 0 Å². The molecular formula is C14H14FNO2. The van der Waals surface area contributed by atoms with Gasteiger partial charge in [-0.15, -0.1) is 0 Å². The van der Waals surface area contributed by atoms with Crippen LogP contribution in [0.25, 0.3) is 0 Å². The first-order chi connectivity index (χ1) is 8.61. The van der Waals surface area contributed by atoms with Crippen molar-refractivity contribution >= 4 is 5.69 Å². The van der Waals surface area contributed by atoms with E-state index in [1.807, 2.05) is 0 Å². The number of ether oxygens (including phenoxy) is 1. The van der Waals surface area contributed by atoms with Gasteiger partial charge in [-0.3, -0.25) is 0 Å². The lowest BCUT2D eigenvalue weighted by Gasteiger charge is -2.13. The van der Waals surface area contributed by atoms with Crippen molar-refractivity contribution < 1.29 is 14.2 Å². The molecule has 18 heavy (non-hydrogen) atoms. The van der Waals surface area contributed by atoms with Crippen LogP contribution >= 0.6 is 0 Å². The number of anilines is 1. The van der Waals surface area contributed by atoms with Crippen molar-refractivity contribution in [2.24, 2.45) is 0 Å². The molecule has 1 atom stereocenters. The van der Waals surface area contributed by atoms with Gasteiger partial charge in [-0.1, -0.05) is 18.2 Å². The average Bonchev–Trinajstić information content (AvgIpc) is 2.41. The Morgan fingerprint density at radius 2 is 1.89 bits per heavy atom. The first kappa shape index (κ1) is 12.4. The molecule has 2 aromatic carbocycles. The molecule has 1 unspecified atom stereocenters. The van der Waals surface area contributed by atoms with Crippen LogP contribution in [-0.2, 0) is 0 Å². The zero-order valence-electron chi connectivity index (χ0n) is 9.93. The smallest absolute Gasteiger partial charge is 0.146 e. The molecule has 0 aliphatic rings. The fourth-order valence-corrected chi connectivity index (χ4v) is 1.74. The fraction of sp³-hybridized carbons (Fsp3) is 0.143. The molecule has 0 amide bonds. The Kier molecular flexibility index (Phi) is 3.48. The Morgan fingerprint density at radius 3 is 2.56 bits per heavy atom. The summed E-state index contributed by atoms with van der Waals surface area (Å²) in [5.41, 5.74) is 6.72. The summed E-state index contributed by atoms with van der Waals surface area (Å²) in [6, 6.07) is 11.2. The van der Waals surface area contributed by atoms with E-state index in [0.29, 0.717) is 16.9 Å². The maximum Gasteiger partial charge on any atom is 0.146 e. The Morgan fingerprint density at radius 1 is 1.17 bits per heavy atom. The number of benzene rings is 2. The van der Waals surface area contributed by atoms with Gasteiger partial charge in [-0.2, -0.15) is 0 Å². The summed E-state index contributed by atoms with van der Waals surface area (Å²) in [5.74, 6) is 0.165. The standard InChI is InChI=1S/C14H14FNO2/c1-18-11-4-2-3-9(7-11)14(17)10-5-6-12(15)13(16)8-10/h2-8,14,17H,16H2,1H3. The van der Waals surface area contributed by atoms with Crippen LogP contribution in [-0.4, -0.2) is 12.2 Å². The van der Waals surface area contributed by atoms with Crippen LogP contribution in [0.2, 0.25) is 0 Å². The molecule has 0 fully saturated rings. The van der Waals surface area contributed by atoms with Gasteiger partial charge in [0, 0.05) is 0 Å². The van der Waals surface area contributed by atoms with Crippen molar-refractivity contribution in [3.05, 3.63) is 59.4 Å². The second-order valence-electron chi connectivity index (χ2n) is 3.96. The molecule has 2 aromatic rings. The maximum absolute atomic E-state index is 13.1. The average molecular weight is 247 g/mol. The number of nitrogens with two attached hydrogens (primary N) is 1. The predicted molar refractivity (Wildman–Crippen MR) is 67.9 cm³/mol. The minimum absolute atomic E-state index is 0.0226.